The van der Waals surface area contributed by atoms with Gasteiger partial charge in [-0.05, 0) is 48.7 Å². The zero-order valence-corrected chi connectivity index (χ0v) is 15.9. The van der Waals surface area contributed by atoms with Crippen LogP contribution in [0.4, 0.5) is 0 Å². The van der Waals surface area contributed by atoms with Crippen molar-refractivity contribution in [3.05, 3.63) is 34.7 Å². The van der Waals surface area contributed by atoms with E-state index in [0.717, 1.165) is 19.6 Å². The Balaban J connectivity index is 1.80. The van der Waals surface area contributed by atoms with Gasteiger partial charge in [-0.15, -0.1) is 11.3 Å². The van der Waals surface area contributed by atoms with Gasteiger partial charge in [0, 0.05) is 40.9 Å². The predicted molar refractivity (Wildman–Crippen MR) is 103 cm³/mol. The average Bonchev–Trinajstić information content (AvgIpc) is 3.26. The Kier molecular flexibility index (Phi) is 4.63. The van der Waals surface area contributed by atoms with Crippen molar-refractivity contribution in [3.63, 3.8) is 0 Å². The SMILES string of the molecule is CCN1C[C@H]2[C@@H](c3c(C)sc4ccccc34)N[C@](CO)(CCO)[C@H]2C1. The molecule has 2 aromatic rings. The first-order chi connectivity index (χ1) is 12.1. The van der Waals surface area contributed by atoms with Crippen molar-refractivity contribution >= 4 is 21.4 Å². The fourth-order valence-electron chi connectivity index (χ4n) is 5.18. The molecule has 4 rings (SSSR count). The van der Waals surface area contributed by atoms with Crippen molar-refractivity contribution in [2.24, 2.45) is 11.8 Å². The van der Waals surface area contributed by atoms with Gasteiger partial charge in [0.2, 0.25) is 0 Å². The maximum absolute atomic E-state index is 10.3. The van der Waals surface area contributed by atoms with Crippen molar-refractivity contribution in [3.8, 4) is 0 Å². The van der Waals surface area contributed by atoms with Gasteiger partial charge in [-0.1, -0.05) is 25.1 Å². The maximum atomic E-state index is 10.3. The van der Waals surface area contributed by atoms with Gasteiger partial charge < -0.3 is 20.4 Å². The molecule has 0 bridgehead atoms. The summed E-state index contributed by atoms with van der Waals surface area (Å²) >= 11 is 1.86. The standard InChI is InChI=1S/C20H28N2O2S/c1-3-22-10-15-16(11-22)20(12-24,8-9-23)21-19(15)18-13(2)25-17-7-5-4-6-14(17)18/h4-7,15-16,19,21,23-24H,3,8-12H2,1-2H3/t15-,16+,19+,20+/m1/s1. The van der Waals surface area contributed by atoms with E-state index in [4.69, 9.17) is 0 Å². The molecule has 1 aromatic carbocycles. The molecule has 2 aliphatic heterocycles. The Morgan fingerprint density at radius 2 is 2.08 bits per heavy atom. The van der Waals surface area contributed by atoms with Crippen LogP contribution in [0.2, 0.25) is 0 Å². The molecular formula is C20H28N2O2S. The third-order valence-electron chi connectivity index (χ3n) is 6.44. The number of aliphatic hydroxyl groups is 2. The number of likely N-dealkylation sites (tertiary alicyclic amines) is 1. The average molecular weight is 361 g/mol. The van der Waals surface area contributed by atoms with Gasteiger partial charge in [0.25, 0.3) is 0 Å². The second kappa shape index (κ2) is 6.63. The van der Waals surface area contributed by atoms with Crippen LogP contribution < -0.4 is 5.32 Å². The van der Waals surface area contributed by atoms with E-state index in [9.17, 15) is 10.2 Å². The number of aryl methyl sites for hydroxylation is 1. The number of hydrogen-bond acceptors (Lipinski definition) is 5. The van der Waals surface area contributed by atoms with E-state index in [-0.39, 0.29) is 24.8 Å². The molecule has 2 saturated heterocycles. The molecule has 136 valence electrons. The molecule has 0 amide bonds. The summed E-state index contributed by atoms with van der Waals surface area (Å²) in [4.78, 5) is 3.86. The molecular weight excluding hydrogens is 332 g/mol. The number of rotatable bonds is 5. The highest BCUT2D eigenvalue weighted by Crippen LogP contribution is 2.51. The minimum absolute atomic E-state index is 0.0872. The van der Waals surface area contributed by atoms with E-state index in [1.807, 2.05) is 11.3 Å². The summed E-state index contributed by atoms with van der Waals surface area (Å²) in [5.74, 6) is 0.864. The highest BCUT2D eigenvalue weighted by atomic mass is 32.1. The van der Waals surface area contributed by atoms with Crippen LogP contribution >= 0.6 is 11.3 Å². The minimum atomic E-state index is -0.372. The zero-order valence-electron chi connectivity index (χ0n) is 15.0. The van der Waals surface area contributed by atoms with Crippen LogP contribution in [0, 0.1) is 18.8 Å². The molecule has 4 nitrogen and oxygen atoms in total. The van der Waals surface area contributed by atoms with Crippen LogP contribution in [0.1, 0.15) is 29.8 Å². The number of fused-ring (bicyclic) bond motifs is 2. The first kappa shape index (κ1) is 17.4. The molecule has 2 fully saturated rings. The van der Waals surface area contributed by atoms with Crippen molar-refractivity contribution in [1.82, 2.24) is 10.2 Å². The zero-order chi connectivity index (χ0) is 17.6. The van der Waals surface area contributed by atoms with Gasteiger partial charge in [-0.3, -0.25) is 0 Å². The van der Waals surface area contributed by atoms with Crippen molar-refractivity contribution in [1.29, 1.82) is 0 Å². The summed E-state index contributed by atoms with van der Waals surface area (Å²) in [5, 5.41) is 25.1. The molecule has 0 aliphatic carbocycles. The van der Waals surface area contributed by atoms with Gasteiger partial charge in [-0.25, -0.2) is 0 Å². The van der Waals surface area contributed by atoms with Gasteiger partial charge in [-0.2, -0.15) is 0 Å². The van der Waals surface area contributed by atoms with Crippen molar-refractivity contribution in [2.45, 2.75) is 31.8 Å². The summed E-state index contributed by atoms with van der Waals surface area (Å²) in [6.45, 7) is 7.74. The van der Waals surface area contributed by atoms with Gasteiger partial charge in [0.1, 0.15) is 0 Å². The van der Waals surface area contributed by atoms with E-state index in [1.165, 1.54) is 20.5 Å². The highest BCUT2D eigenvalue weighted by Gasteiger charge is 2.56. The number of nitrogens with one attached hydrogen (secondary N) is 1. The second-order valence-corrected chi connectivity index (χ2v) is 8.86. The lowest BCUT2D eigenvalue weighted by molar-refractivity contribution is 0.0980. The van der Waals surface area contributed by atoms with Crippen LogP contribution in [0.5, 0.6) is 0 Å². The normalized spacial score (nSPS) is 32.6. The summed E-state index contributed by atoms with van der Waals surface area (Å²) in [7, 11) is 0. The van der Waals surface area contributed by atoms with Crippen LogP contribution in [-0.4, -0.2) is 53.5 Å². The number of thiophene rings is 1. The Hall–Kier alpha value is -0.980. The van der Waals surface area contributed by atoms with Crippen LogP contribution in [0.25, 0.3) is 10.1 Å². The molecule has 0 radical (unpaired) electrons. The minimum Gasteiger partial charge on any atom is -0.396 e. The molecule has 5 heteroatoms. The second-order valence-electron chi connectivity index (χ2n) is 7.60. The molecule has 2 aliphatic rings. The Morgan fingerprint density at radius 3 is 2.80 bits per heavy atom. The van der Waals surface area contributed by atoms with E-state index < -0.39 is 0 Å². The van der Waals surface area contributed by atoms with Crippen LogP contribution in [-0.2, 0) is 0 Å². The molecule has 3 N–H and O–H groups in total. The van der Waals surface area contributed by atoms with Crippen molar-refractivity contribution in [2.75, 3.05) is 32.8 Å². The molecule has 25 heavy (non-hydrogen) atoms. The number of benzene rings is 1. The van der Waals surface area contributed by atoms with Crippen LogP contribution in [0.3, 0.4) is 0 Å². The van der Waals surface area contributed by atoms with Crippen LogP contribution in [0.15, 0.2) is 24.3 Å². The lowest BCUT2D eigenvalue weighted by Gasteiger charge is -2.34. The molecule has 0 spiro atoms. The predicted octanol–water partition coefficient (Wildman–Crippen LogP) is 2.54. The summed E-state index contributed by atoms with van der Waals surface area (Å²) in [5.41, 5.74) is 1.03. The largest absolute Gasteiger partial charge is 0.396 e. The maximum Gasteiger partial charge on any atom is 0.0617 e. The van der Waals surface area contributed by atoms with E-state index in [2.05, 4.69) is 48.3 Å². The fraction of sp³-hybridized carbons (Fsp3) is 0.600. The third kappa shape index (κ3) is 2.64. The molecule has 0 saturated carbocycles. The molecule has 1 aromatic heterocycles. The lowest BCUT2D eigenvalue weighted by atomic mass is 9.78. The topological polar surface area (TPSA) is 55.7 Å². The summed E-state index contributed by atoms with van der Waals surface area (Å²) < 4.78 is 1.34. The van der Waals surface area contributed by atoms with Gasteiger partial charge in [0.05, 0.1) is 6.61 Å². The third-order valence-corrected chi connectivity index (χ3v) is 7.54. The quantitative estimate of drug-likeness (QED) is 0.767. The fourth-order valence-corrected chi connectivity index (χ4v) is 6.29. The first-order valence-corrected chi connectivity index (χ1v) is 10.1. The summed E-state index contributed by atoms with van der Waals surface area (Å²) in [6.07, 6.45) is 0.611. The van der Waals surface area contributed by atoms with E-state index in [1.54, 1.807) is 0 Å². The number of aliphatic hydroxyl groups excluding tert-OH is 2. The van der Waals surface area contributed by atoms with Gasteiger partial charge >= 0.3 is 0 Å². The number of hydrogen-bond donors (Lipinski definition) is 3. The molecule has 0 unspecified atom stereocenters. The van der Waals surface area contributed by atoms with E-state index >= 15 is 0 Å². The Morgan fingerprint density at radius 1 is 1.28 bits per heavy atom. The smallest absolute Gasteiger partial charge is 0.0617 e. The molecule has 3 heterocycles. The first-order valence-electron chi connectivity index (χ1n) is 9.33. The number of nitrogens with zero attached hydrogens (tertiary/aromatic N) is 1. The summed E-state index contributed by atoms with van der Waals surface area (Å²) in [6, 6.07) is 8.89. The monoisotopic (exact) mass is 360 g/mol. The Labute approximate surface area is 153 Å². The van der Waals surface area contributed by atoms with E-state index in [0.29, 0.717) is 18.3 Å². The molecule has 4 atom stereocenters. The highest BCUT2D eigenvalue weighted by molar-refractivity contribution is 7.19. The van der Waals surface area contributed by atoms with Crippen molar-refractivity contribution < 1.29 is 10.2 Å². The lowest BCUT2D eigenvalue weighted by Crippen LogP contribution is -2.51. The van der Waals surface area contributed by atoms with Gasteiger partial charge in [0.15, 0.2) is 0 Å². The Bertz CT molecular complexity index is 761.